The van der Waals surface area contributed by atoms with Crippen LogP contribution in [-0.2, 0) is 4.79 Å². The molecule has 0 saturated carbocycles. The van der Waals surface area contributed by atoms with Crippen molar-refractivity contribution in [2.45, 2.75) is 13.0 Å². The first-order valence-electron chi connectivity index (χ1n) is 4.21. The molecule has 1 amide bonds. The quantitative estimate of drug-likeness (QED) is 0.560. The predicted octanol–water partition coefficient (Wildman–Crippen LogP) is -0.859. The Morgan fingerprint density at radius 1 is 1.58 bits per heavy atom. The van der Waals surface area contributed by atoms with E-state index in [0.29, 0.717) is 6.54 Å². The highest BCUT2D eigenvalue weighted by atomic mass is 16.3. The molecule has 0 radical (unpaired) electrons. The van der Waals surface area contributed by atoms with Crippen LogP contribution >= 0.6 is 0 Å². The Morgan fingerprint density at radius 3 is 2.75 bits per heavy atom. The molecule has 0 aliphatic carbocycles. The molecule has 1 atom stereocenters. The van der Waals surface area contributed by atoms with Crippen molar-refractivity contribution >= 4 is 5.91 Å². The van der Waals surface area contributed by atoms with Crippen LogP contribution in [-0.4, -0.2) is 60.1 Å². The highest BCUT2D eigenvalue weighted by Gasteiger charge is 2.24. The Hall–Kier alpha value is -0.610. The van der Waals surface area contributed by atoms with Gasteiger partial charge in [-0.2, -0.15) is 0 Å². The lowest BCUT2D eigenvalue weighted by Gasteiger charge is -2.38. The van der Waals surface area contributed by atoms with Gasteiger partial charge in [0.2, 0.25) is 5.91 Å². The zero-order valence-electron chi connectivity index (χ0n) is 7.66. The van der Waals surface area contributed by atoms with Gasteiger partial charge in [0.25, 0.3) is 0 Å². The first kappa shape index (κ1) is 9.48. The van der Waals surface area contributed by atoms with E-state index in [1.54, 1.807) is 11.8 Å². The van der Waals surface area contributed by atoms with E-state index in [9.17, 15) is 4.79 Å². The highest BCUT2D eigenvalue weighted by Crippen LogP contribution is 2.06. The summed E-state index contributed by atoms with van der Waals surface area (Å²) in [4.78, 5) is 14.9. The maximum Gasteiger partial charge on any atom is 0.219 e. The van der Waals surface area contributed by atoms with Crippen molar-refractivity contribution in [3.8, 4) is 0 Å². The van der Waals surface area contributed by atoms with E-state index in [4.69, 9.17) is 5.11 Å². The fraction of sp³-hybridized carbons (Fsp3) is 0.875. The number of aliphatic hydroxyl groups is 1. The molecule has 12 heavy (non-hydrogen) atoms. The lowest BCUT2D eigenvalue weighted by molar-refractivity contribution is -0.131. The van der Waals surface area contributed by atoms with E-state index in [-0.39, 0.29) is 18.6 Å². The molecule has 70 valence electrons. The Labute approximate surface area is 72.8 Å². The number of piperazine rings is 1. The molecule has 1 aliphatic heterocycles. The van der Waals surface area contributed by atoms with Gasteiger partial charge in [0, 0.05) is 26.6 Å². The van der Waals surface area contributed by atoms with Gasteiger partial charge in [0.1, 0.15) is 0 Å². The standard InChI is InChI=1S/C8H16N2O2/c1-7(12)10-4-3-9(2)8(5-10)6-11/h8,11H,3-6H2,1-2H3. The molecule has 0 bridgehead atoms. The SMILES string of the molecule is CC(=O)N1CCN(C)C(CO)C1. The van der Waals surface area contributed by atoms with Crippen LogP contribution in [0.1, 0.15) is 6.92 Å². The van der Waals surface area contributed by atoms with Crippen LogP contribution in [0.5, 0.6) is 0 Å². The number of hydrogen-bond donors (Lipinski definition) is 1. The molecule has 1 heterocycles. The summed E-state index contributed by atoms with van der Waals surface area (Å²) in [5.41, 5.74) is 0. The van der Waals surface area contributed by atoms with Gasteiger partial charge in [-0.15, -0.1) is 0 Å². The molecule has 1 rings (SSSR count). The molecule has 1 saturated heterocycles. The van der Waals surface area contributed by atoms with E-state index >= 15 is 0 Å². The van der Waals surface area contributed by atoms with Gasteiger partial charge in [-0.3, -0.25) is 9.69 Å². The normalized spacial score (nSPS) is 25.9. The molecular formula is C8H16N2O2. The fourth-order valence-electron chi connectivity index (χ4n) is 1.43. The van der Waals surface area contributed by atoms with E-state index in [0.717, 1.165) is 13.1 Å². The molecule has 4 heteroatoms. The molecule has 0 aromatic rings. The summed E-state index contributed by atoms with van der Waals surface area (Å²) < 4.78 is 0. The van der Waals surface area contributed by atoms with E-state index in [1.807, 2.05) is 7.05 Å². The Kier molecular flexibility index (Phi) is 3.05. The molecule has 1 N–H and O–H groups in total. The first-order chi connectivity index (χ1) is 5.65. The van der Waals surface area contributed by atoms with Crippen molar-refractivity contribution in [3.63, 3.8) is 0 Å². The Bertz CT molecular complexity index is 172. The lowest BCUT2D eigenvalue weighted by Crippen LogP contribution is -2.54. The van der Waals surface area contributed by atoms with Gasteiger partial charge < -0.3 is 10.0 Å². The smallest absolute Gasteiger partial charge is 0.219 e. The van der Waals surface area contributed by atoms with Crippen molar-refractivity contribution in [1.29, 1.82) is 0 Å². The summed E-state index contributed by atoms with van der Waals surface area (Å²) in [5.74, 6) is 0.0987. The minimum absolute atomic E-state index is 0.0987. The van der Waals surface area contributed by atoms with Crippen LogP contribution < -0.4 is 0 Å². The van der Waals surface area contributed by atoms with E-state index in [1.165, 1.54) is 0 Å². The molecule has 4 nitrogen and oxygen atoms in total. The number of nitrogens with zero attached hydrogens (tertiary/aromatic N) is 2. The molecule has 0 aromatic heterocycles. The van der Waals surface area contributed by atoms with Gasteiger partial charge in [0.15, 0.2) is 0 Å². The average molecular weight is 172 g/mol. The van der Waals surface area contributed by atoms with Crippen LogP contribution in [0.15, 0.2) is 0 Å². The van der Waals surface area contributed by atoms with Crippen molar-refractivity contribution in [1.82, 2.24) is 9.80 Å². The van der Waals surface area contributed by atoms with Gasteiger partial charge >= 0.3 is 0 Å². The van der Waals surface area contributed by atoms with E-state index in [2.05, 4.69) is 4.90 Å². The van der Waals surface area contributed by atoms with Gasteiger partial charge in [-0.05, 0) is 7.05 Å². The number of aliphatic hydroxyl groups excluding tert-OH is 1. The maximum absolute atomic E-state index is 11.0. The summed E-state index contributed by atoms with van der Waals surface area (Å²) in [5, 5.41) is 8.98. The topological polar surface area (TPSA) is 43.8 Å². The largest absolute Gasteiger partial charge is 0.395 e. The highest BCUT2D eigenvalue weighted by molar-refractivity contribution is 5.73. The summed E-state index contributed by atoms with van der Waals surface area (Å²) in [6, 6.07) is 0.114. The monoisotopic (exact) mass is 172 g/mol. The zero-order valence-corrected chi connectivity index (χ0v) is 7.66. The Morgan fingerprint density at radius 2 is 2.25 bits per heavy atom. The van der Waals surface area contributed by atoms with Crippen molar-refractivity contribution in [3.05, 3.63) is 0 Å². The van der Waals surface area contributed by atoms with Crippen molar-refractivity contribution in [2.75, 3.05) is 33.3 Å². The average Bonchev–Trinajstić information content (AvgIpc) is 2.05. The summed E-state index contributed by atoms with van der Waals surface area (Å²) in [6.45, 7) is 3.98. The fourth-order valence-corrected chi connectivity index (χ4v) is 1.43. The summed E-state index contributed by atoms with van der Waals surface area (Å²) in [6.07, 6.45) is 0. The van der Waals surface area contributed by atoms with Crippen LogP contribution in [0.2, 0.25) is 0 Å². The van der Waals surface area contributed by atoms with Crippen LogP contribution in [0.3, 0.4) is 0 Å². The molecule has 0 spiro atoms. The minimum Gasteiger partial charge on any atom is -0.395 e. The van der Waals surface area contributed by atoms with Crippen LogP contribution in [0, 0.1) is 0 Å². The van der Waals surface area contributed by atoms with Crippen LogP contribution in [0.4, 0.5) is 0 Å². The van der Waals surface area contributed by atoms with Crippen molar-refractivity contribution < 1.29 is 9.90 Å². The number of amides is 1. The molecule has 0 aromatic carbocycles. The maximum atomic E-state index is 11.0. The van der Waals surface area contributed by atoms with Crippen molar-refractivity contribution in [2.24, 2.45) is 0 Å². The summed E-state index contributed by atoms with van der Waals surface area (Å²) >= 11 is 0. The third kappa shape index (κ3) is 1.95. The molecular weight excluding hydrogens is 156 g/mol. The van der Waals surface area contributed by atoms with Gasteiger partial charge in [0.05, 0.1) is 12.6 Å². The molecule has 1 aliphatic rings. The number of carbonyl (C=O) groups is 1. The second kappa shape index (κ2) is 3.87. The molecule has 1 unspecified atom stereocenters. The first-order valence-corrected chi connectivity index (χ1v) is 4.21. The number of hydrogen-bond acceptors (Lipinski definition) is 3. The van der Waals surface area contributed by atoms with Crippen LogP contribution in [0.25, 0.3) is 0 Å². The lowest BCUT2D eigenvalue weighted by atomic mass is 10.2. The zero-order chi connectivity index (χ0) is 9.14. The number of carbonyl (C=O) groups excluding carboxylic acids is 1. The second-order valence-corrected chi connectivity index (χ2v) is 3.28. The summed E-state index contributed by atoms with van der Waals surface area (Å²) in [7, 11) is 1.97. The second-order valence-electron chi connectivity index (χ2n) is 3.28. The van der Waals surface area contributed by atoms with Gasteiger partial charge in [-0.25, -0.2) is 0 Å². The molecule has 1 fully saturated rings. The number of likely N-dealkylation sites (N-methyl/N-ethyl adjacent to an activating group) is 1. The minimum atomic E-state index is 0.0987. The van der Waals surface area contributed by atoms with Gasteiger partial charge in [-0.1, -0.05) is 0 Å². The Balaban J connectivity index is 2.49. The predicted molar refractivity (Wildman–Crippen MR) is 45.8 cm³/mol. The third-order valence-corrected chi connectivity index (χ3v) is 2.43. The third-order valence-electron chi connectivity index (χ3n) is 2.43. The van der Waals surface area contributed by atoms with E-state index < -0.39 is 0 Å². The number of rotatable bonds is 1.